The van der Waals surface area contributed by atoms with Crippen LogP contribution in [0.5, 0.6) is 0 Å². The Morgan fingerprint density at radius 2 is 2.28 bits per heavy atom. The van der Waals surface area contributed by atoms with Crippen LogP contribution in [0.4, 0.5) is 5.13 Å². The van der Waals surface area contributed by atoms with Crippen molar-refractivity contribution in [2.45, 2.75) is 26.3 Å². The van der Waals surface area contributed by atoms with Gasteiger partial charge in [-0.3, -0.25) is 14.5 Å². The van der Waals surface area contributed by atoms with Crippen LogP contribution in [-0.4, -0.2) is 46.0 Å². The lowest BCUT2D eigenvalue weighted by molar-refractivity contribution is -0.137. The fourth-order valence-corrected chi connectivity index (χ4v) is 1.93. The van der Waals surface area contributed by atoms with E-state index >= 15 is 0 Å². The molecule has 0 saturated heterocycles. The van der Waals surface area contributed by atoms with E-state index in [2.05, 4.69) is 10.3 Å². The summed E-state index contributed by atoms with van der Waals surface area (Å²) >= 11 is 1.35. The van der Waals surface area contributed by atoms with Crippen LogP contribution < -0.4 is 5.32 Å². The van der Waals surface area contributed by atoms with E-state index in [1.807, 2.05) is 18.7 Å². The van der Waals surface area contributed by atoms with Crippen molar-refractivity contribution < 1.29 is 14.7 Å². The second-order valence-electron chi connectivity index (χ2n) is 4.09. The second kappa shape index (κ2) is 7.07. The van der Waals surface area contributed by atoms with E-state index in [-0.39, 0.29) is 24.9 Å². The number of amides is 1. The summed E-state index contributed by atoms with van der Waals surface area (Å²) in [5.41, 5.74) is 0. The molecule has 100 valence electrons. The molecule has 0 atom stereocenters. The third kappa shape index (κ3) is 5.24. The third-order valence-corrected chi connectivity index (χ3v) is 3.06. The van der Waals surface area contributed by atoms with Crippen molar-refractivity contribution in [2.75, 3.05) is 18.4 Å². The van der Waals surface area contributed by atoms with Gasteiger partial charge in [0.25, 0.3) is 0 Å². The normalized spacial score (nSPS) is 10.9. The summed E-state index contributed by atoms with van der Waals surface area (Å²) in [5.74, 6) is -1.04. The Kier molecular flexibility index (Phi) is 5.73. The Labute approximate surface area is 110 Å². The lowest BCUT2D eigenvalue weighted by Crippen LogP contribution is -2.39. The zero-order valence-electron chi connectivity index (χ0n) is 10.4. The van der Waals surface area contributed by atoms with E-state index in [0.29, 0.717) is 11.7 Å². The Morgan fingerprint density at radius 3 is 2.78 bits per heavy atom. The first-order chi connectivity index (χ1) is 8.49. The highest BCUT2D eigenvalue weighted by Crippen LogP contribution is 2.10. The standard InChI is InChI=1S/C11H17N3O3S/c1-8(2)14(5-3-10(16)17)7-9(15)13-11-12-4-6-18-11/h4,6,8H,3,5,7H2,1-2H3,(H,16,17)(H,12,13,15). The Bertz CT molecular complexity index is 392. The van der Waals surface area contributed by atoms with Crippen LogP contribution in [0.2, 0.25) is 0 Å². The highest BCUT2D eigenvalue weighted by molar-refractivity contribution is 7.13. The van der Waals surface area contributed by atoms with Gasteiger partial charge in [0, 0.05) is 24.2 Å². The largest absolute Gasteiger partial charge is 0.481 e. The van der Waals surface area contributed by atoms with E-state index in [4.69, 9.17) is 5.11 Å². The number of anilines is 1. The number of carboxylic acid groups (broad SMARTS) is 1. The van der Waals surface area contributed by atoms with Crippen molar-refractivity contribution in [3.05, 3.63) is 11.6 Å². The second-order valence-corrected chi connectivity index (χ2v) is 4.99. The maximum atomic E-state index is 11.7. The van der Waals surface area contributed by atoms with Gasteiger partial charge in [0.15, 0.2) is 5.13 Å². The van der Waals surface area contributed by atoms with Gasteiger partial charge in [-0.1, -0.05) is 0 Å². The number of nitrogens with one attached hydrogen (secondary N) is 1. The highest BCUT2D eigenvalue weighted by Gasteiger charge is 2.15. The van der Waals surface area contributed by atoms with Crippen molar-refractivity contribution in [1.29, 1.82) is 0 Å². The fourth-order valence-electron chi connectivity index (χ4n) is 1.39. The summed E-state index contributed by atoms with van der Waals surface area (Å²) in [6.45, 7) is 4.39. The molecule has 0 bridgehead atoms. The van der Waals surface area contributed by atoms with Crippen molar-refractivity contribution in [2.24, 2.45) is 0 Å². The van der Waals surface area contributed by atoms with Crippen LogP contribution in [0.1, 0.15) is 20.3 Å². The predicted molar refractivity (Wildman–Crippen MR) is 69.7 cm³/mol. The summed E-state index contributed by atoms with van der Waals surface area (Å²) < 4.78 is 0. The van der Waals surface area contributed by atoms with Crippen molar-refractivity contribution in [3.8, 4) is 0 Å². The van der Waals surface area contributed by atoms with Crippen LogP contribution in [0.15, 0.2) is 11.6 Å². The van der Waals surface area contributed by atoms with Gasteiger partial charge in [0.2, 0.25) is 5.91 Å². The van der Waals surface area contributed by atoms with E-state index in [1.165, 1.54) is 11.3 Å². The maximum absolute atomic E-state index is 11.7. The summed E-state index contributed by atoms with van der Waals surface area (Å²) in [6, 6.07) is 0.117. The van der Waals surface area contributed by atoms with Gasteiger partial charge in [-0.25, -0.2) is 4.98 Å². The molecule has 1 aromatic rings. The quantitative estimate of drug-likeness (QED) is 0.780. The number of hydrogen-bond donors (Lipinski definition) is 2. The number of rotatable bonds is 7. The number of aliphatic carboxylic acids is 1. The molecule has 6 nitrogen and oxygen atoms in total. The highest BCUT2D eigenvalue weighted by atomic mass is 32.1. The van der Waals surface area contributed by atoms with Gasteiger partial charge < -0.3 is 10.4 Å². The van der Waals surface area contributed by atoms with Crippen molar-refractivity contribution >= 4 is 28.3 Å². The molecule has 0 fully saturated rings. The summed E-state index contributed by atoms with van der Waals surface area (Å²) in [7, 11) is 0. The Balaban J connectivity index is 2.44. The summed E-state index contributed by atoms with van der Waals surface area (Å²) in [4.78, 5) is 28.0. The van der Waals surface area contributed by atoms with Crippen LogP contribution in [0, 0.1) is 0 Å². The monoisotopic (exact) mass is 271 g/mol. The SMILES string of the molecule is CC(C)N(CCC(=O)O)CC(=O)Nc1nccs1. The van der Waals surface area contributed by atoms with Gasteiger partial charge in [0.1, 0.15) is 0 Å². The molecule has 1 amide bonds. The molecular weight excluding hydrogens is 254 g/mol. The molecule has 0 saturated carbocycles. The van der Waals surface area contributed by atoms with Crippen molar-refractivity contribution in [1.82, 2.24) is 9.88 Å². The zero-order chi connectivity index (χ0) is 13.5. The molecule has 1 heterocycles. The maximum Gasteiger partial charge on any atom is 0.304 e. The van der Waals surface area contributed by atoms with E-state index in [9.17, 15) is 9.59 Å². The minimum atomic E-state index is -0.860. The van der Waals surface area contributed by atoms with E-state index in [0.717, 1.165) is 0 Å². The Morgan fingerprint density at radius 1 is 1.56 bits per heavy atom. The molecule has 0 aliphatic rings. The molecule has 1 aromatic heterocycles. The number of nitrogens with zero attached hydrogens (tertiary/aromatic N) is 2. The van der Waals surface area contributed by atoms with Gasteiger partial charge in [-0.05, 0) is 13.8 Å². The summed E-state index contributed by atoms with van der Waals surface area (Å²) in [5, 5.41) is 13.7. The fraction of sp³-hybridized carbons (Fsp3) is 0.545. The molecule has 0 radical (unpaired) electrons. The number of carboxylic acids is 1. The van der Waals surface area contributed by atoms with Crippen LogP contribution in [-0.2, 0) is 9.59 Å². The summed E-state index contributed by atoms with van der Waals surface area (Å²) in [6.07, 6.45) is 1.65. The first-order valence-electron chi connectivity index (χ1n) is 5.64. The number of aromatic nitrogens is 1. The lowest BCUT2D eigenvalue weighted by Gasteiger charge is -2.24. The van der Waals surface area contributed by atoms with Crippen LogP contribution in [0.25, 0.3) is 0 Å². The van der Waals surface area contributed by atoms with E-state index in [1.54, 1.807) is 11.6 Å². The number of carbonyl (C=O) groups is 2. The van der Waals surface area contributed by atoms with Gasteiger partial charge in [-0.2, -0.15) is 0 Å². The minimum absolute atomic E-state index is 0.0305. The Hall–Kier alpha value is -1.47. The molecule has 0 aliphatic carbocycles. The predicted octanol–water partition coefficient (Wildman–Crippen LogP) is 1.27. The molecule has 0 aromatic carbocycles. The van der Waals surface area contributed by atoms with Gasteiger partial charge in [0.05, 0.1) is 13.0 Å². The third-order valence-electron chi connectivity index (χ3n) is 2.37. The van der Waals surface area contributed by atoms with Crippen LogP contribution in [0.3, 0.4) is 0 Å². The zero-order valence-corrected chi connectivity index (χ0v) is 11.2. The molecular formula is C11H17N3O3S. The van der Waals surface area contributed by atoms with Gasteiger partial charge >= 0.3 is 5.97 Å². The van der Waals surface area contributed by atoms with Crippen LogP contribution >= 0.6 is 11.3 Å². The molecule has 2 N–H and O–H groups in total. The molecule has 18 heavy (non-hydrogen) atoms. The minimum Gasteiger partial charge on any atom is -0.481 e. The first kappa shape index (κ1) is 14.6. The molecule has 0 spiro atoms. The first-order valence-corrected chi connectivity index (χ1v) is 6.52. The van der Waals surface area contributed by atoms with E-state index < -0.39 is 5.97 Å². The van der Waals surface area contributed by atoms with Gasteiger partial charge in [-0.15, -0.1) is 11.3 Å². The number of thiazole rings is 1. The number of carbonyl (C=O) groups excluding carboxylic acids is 1. The molecule has 0 unspecified atom stereocenters. The number of hydrogen-bond acceptors (Lipinski definition) is 5. The lowest BCUT2D eigenvalue weighted by atomic mass is 10.3. The molecule has 7 heteroatoms. The van der Waals surface area contributed by atoms with Crippen molar-refractivity contribution in [3.63, 3.8) is 0 Å². The average molecular weight is 271 g/mol. The molecule has 0 aliphatic heterocycles. The topological polar surface area (TPSA) is 82.5 Å². The average Bonchev–Trinajstić information content (AvgIpc) is 2.76. The molecule has 1 rings (SSSR count). The smallest absolute Gasteiger partial charge is 0.304 e.